The molecule has 0 aliphatic carbocycles. The fourth-order valence-corrected chi connectivity index (χ4v) is 3.91. The van der Waals surface area contributed by atoms with Crippen molar-refractivity contribution in [2.75, 3.05) is 26.2 Å². The van der Waals surface area contributed by atoms with Gasteiger partial charge in [0.25, 0.3) is 11.8 Å². The van der Waals surface area contributed by atoms with Crippen LogP contribution < -0.4 is 11.1 Å². The zero-order valence-corrected chi connectivity index (χ0v) is 16.2. The lowest BCUT2D eigenvalue weighted by molar-refractivity contribution is -0.141. The summed E-state index contributed by atoms with van der Waals surface area (Å²) in [5.41, 5.74) is 4.45. The third-order valence-electron chi connectivity index (χ3n) is 4.61. The molecule has 1 aliphatic rings. The topological polar surface area (TPSA) is 109 Å². The molecule has 4 amide bonds. The zero-order valence-electron chi connectivity index (χ0n) is 15.4. The van der Waals surface area contributed by atoms with Crippen LogP contribution >= 0.6 is 11.3 Å². The number of hydrogen-bond donors (Lipinski definition) is 2. The van der Waals surface area contributed by atoms with Gasteiger partial charge in [-0.05, 0) is 12.8 Å². The van der Waals surface area contributed by atoms with Crippen LogP contribution in [0.25, 0.3) is 0 Å². The normalized spacial score (nSPS) is 20.0. The molecule has 0 aromatic carbocycles. The third kappa shape index (κ3) is 4.04. The number of nitrogens with zero attached hydrogens (tertiary/aromatic N) is 3. The quantitative estimate of drug-likeness (QED) is 0.695. The molecule has 0 spiro atoms. The molecule has 1 aromatic heterocycles. The van der Waals surface area contributed by atoms with Crippen LogP contribution in [0.5, 0.6) is 0 Å². The molecule has 1 aromatic rings. The summed E-state index contributed by atoms with van der Waals surface area (Å²) in [6, 6.07) is -0.630. The number of nitrogens with two attached hydrogens (primary N) is 1. The number of piperazine rings is 1. The van der Waals surface area contributed by atoms with E-state index in [4.69, 9.17) is 5.73 Å². The highest BCUT2D eigenvalue weighted by molar-refractivity contribution is 7.11. The molecule has 8 nitrogen and oxygen atoms in total. The maximum absolute atomic E-state index is 13.6. The summed E-state index contributed by atoms with van der Waals surface area (Å²) in [7, 11) is 0. The standard InChI is InChI=1S/C17H27N5O3S/c1-3-5-6-17(12-19-7-10-22(17)16(18)25)15(24)21(9-4-2)14(23)13-20-8-11-26-13/h8,11,19H,3-7,9-10,12H2,1-2H3,(H2,18,25)/t17-/m0/s1. The molecule has 1 fully saturated rings. The van der Waals surface area contributed by atoms with E-state index in [-0.39, 0.29) is 17.5 Å². The summed E-state index contributed by atoms with van der Waals surface area (Å²) in [6.07, 6.45) is 4.25. The number of carbonyl (C=O) groups is 3. The van der Waals surface area contributed by atoms with Crippen molar-refractivity contribution in [3.8, 4) is 0 Å². The predicted molar refractivity (Wildman–Crippen MR) is 99.9 cm³/mol. The molecule has 1 aliphatic heterocycles. The number of hydrogen-bond acceptors (Lipinski definition) is 6. The Morgan fingerprint density at radius 3 is 2.73 bits per heavy atom. The van der Waals surface area contributed by atoms with Gasteiger partial charge in [-0.2, -0.15) is 0 Å². The Morgan fingerprint density at radius 1 is 1.38 bits per heavy atom. The van der Waals surface area contributed by atoms with Gasteiger partial charge in [0.05, 0.1) is 0 Å². The third-order valence-corrected chi connectivity index (χ3v) is 5.37. The van der Waals surface area contributed by atoms with E-state index in [2.05, 4.69) is 10.3 Å². The average molecular weight is 382 g/mol. The van der Waals surface area contributed by atoms with Gasteiger partial charge >= 0.3 is 6.03 Å². The number of aromatic nitrogens is 1. The highest BCUT2D eigenvalue weighted by Gasteiger charge is 2.50. The Kier molecular flexibility index (Phi) is 7.10. The van der Waals surface area contributed by atoms with E-state index in [0.29, 0.717) is 32.5 Å². The van der Waals surface area contributed by atoms with Crippen LogP contribution in [0.15, 0.2) is 11.6 Å². The molecule has 0 bridgehead atoms. The van der Waals surface area contributed by atoms with Crippen LogP contribution in [0.1, 0.15) is 49.3 Å². The molecule has 0 saturated carbocycles. The predicted octanol–water partition coefficient (Wildman–Crippen LogP) is 1.43. The molecule has 3 N–H and O–H groups in total. The van der Waals surface area contributed by atoms with Gasteiger partial charge in [-0.1, -0.05) is 26.7 Å². The van der Waals surface area contributed by atoms with Crippen molar-refractivity contribution in [3.63, 3.8) is 0 Å². The van der Waals surface area contributed by atoms with Gasteiger partial charge in [-0.15, -0.1) is 11.3 Å². The van der Waals surface area contributed by atoms with Gasteiger partial charge < -0.3 is 16.0 Å². The number of nitrogens with one attached hydrogen (secondary N) is 1. The lowest BCUT2D eigenvalue weighted by Crippen LogP contribution is -2.71. The Hall–Kier alpha value is -2.00. The lowest BCUT2D eigenvalue weighted by atomic mass is 9.86. The summed E-state index contributed by atoms with van der Waals surface area (Å²) < 4.78 is 0. The number of unbranched alkanes of at least 4 members (excludes halogenated alkanes) is 1. The number of primary amides is 1. The van der Waals surface area contributed by atoms with Gasteiger partial charge in [-0.3, -0.25) is 14.5 Å². The molecule has 1 atom stereocenters. The first-order valence-corrected chi connectivity index (χ1v) is 9.89. The minimum atomic E-state index is -1.14. The van der Waals surface area contributed by atoms with Crippen LogP contribution in [0.3, 0.4) is 0 Å². The van der Waals surface area contributed by atoms with E-state index in [0.717, 1.165) is 12.8 Å². The molecule has 2 rings (SSSR count). The second-order valence-corrected chi connectivity index (χ2v) is 7.30. The van der Waals surface area contributed by atoms with Crippen molar-refractivity contribution in [2.24, 2.45) is 5.73 Å². The van der Waals surface area contributed by atoms with Gasteiger partial charge in [0.15, 0.2) is 5.01 Å². The highest BCUT2D eigenvalue weighted by Crippen LogP contribution is 2.28. The van der Waals surface area contributed by atoms with E-state index >= 15 is 0 Å². The zero-order chi connectivity index (χ0) is 19.2. The van der Waals surface area contributed by atoms with E-state index in [1.165, 1.54) is 27.3 Å². The van der Waals surface area contributed by atoms with Crippen molar-refractivity contribution in [1.82, 2.24) is 20.1 Å². The average Bonchev–Trinajstić information content (AvgIpc) is 3.18. The molecule has 2 heterocycles. The van der Waals surface area contributed by atoms with Crippen LogP contribution in [-0.4, -0.2) is 64.3 Å². The Labute approximate surface area is 157 Å². The first-order chi connectivity index (χ1) is 12.5. The molecular formula is C17H27N5O3S. The van der Waals surface area contributed by atoms with E-state index in [1.54, 1.807) is 5.38 Å². The monoisotopic (exact) mass is 381 g/mol. The second kappa shape index (κ2) is 9.09. The largest absolute Gasteiger partial charge is 0.351 e. The number of thiazole rings is 1. The minimum absolute atomic E-state index is 0.270. The van der Waals surface area contributed by atoms with Gasteiger partial charge in [0.2, 0.25) is 0 Å². The number of carbonyl (C=O) groups excluding carboxylic acids is 3. The fourth-order valence-electron chi connectivity index (χ4n) is 3.32. The number of urea groups is 1. The summed E-state index contributed by atoms with van der Waals surface area (Å²) in [6.45, 7) is 5.40. The first-order valence-electron chi connectivity index (χ1n) is 9.01. The van der Waals surface area contributed by atoms with Gasteiger partial charge in [0.1, 0.15) is 5.54 Å². The molecule has 0 radical (unpaired) electrons. The number of imide groups is 1. The number of rotatable bonds is 7. The van der Waals surface area contributed by atoms with Crippen LogP contribution in [-0.2, 0) is 4.79 Å². The van der Waals surface area contributed by atoms with Crippen molar-refractivity contribution < 1.29 is 14.4 Å². The van der Waals surface area contributed by atoms with E-state index in [1.807, 2.05) is 13.8 Å². The van der Waals surface area contributed by atoms with Crippen molar-refractivity contribution in [1.29, 1.82) is 0 Å². The van der Waals surface area contributed by atoms with Gasteiger partial charge in [0, 0.05) is 37.8 Å². The SMILES string of the molecule is CCCC[C@@]1(C(=O)N(CCC)C(=O)c2nccs2)CNCCN1C(N)=O. The second-order valence-electron chi connectivity index (χ2n) is 6.40. The maximum atomic E-state index is 13.6. The summed E-state index contributed by atoms with van der Waals surface area (Å²) in [4.78, 5) is 45.2. The lowest BCUT2D eigenvalue weighted by Gasteiger charge is -2.47. The maximum Gasteiger partial charge on any atom is 0.315 e. The Balaban J connectivity index is 2.41. The Bertz CT molecular complexity index is 636. The Morgan fingerprint density at radius 2 is 2.15 bits per heavy atom. The van der Waals surface area contributed by atoms with Gasteiger partial charge in [-0.25, -0.2) is 9.78 Å². The molecule has 144 valence electrons. The van der Waals surface area contributed by atoms with E-state index < -0.39 is 17.5 Å². The van der Waals surface area contributed by atoms with Crippen molar-refractivity contribution >= 4 is 29.2 Å². The van der Waals surface area contributed by atoms with Crippen LogP contribution in [0.2, 0.25) is 0 Å². The van der Waals surface area contributed by atoms with E-state index in [9.17, 15) is 14.4 Å². The van der Waals surface area contributed by atoms with Crippen LogP contribution in [0, 0.1) is 0 Å². The highest BCUT2D eigenvalue weighted by atomic mass is 32.1. The molecule has 26 heavy (non-hydrogen) atoms. The minimum Gasteiger partial charge on any atom is -0.351 e. The smallest absolute Gasteiger partial charge is 0.315 e. The summed E-state index contributed by atoms with van der Waals surface area (Å²) in [5.74, 6) is -0.795. The molecule has 0 unspecified atom stereocenters. The summed E-state index contributed by atoms with van der Waals surface area (Å²) in [5, 5.41) is 5.17. The molecular weight excluding hydrogens is 354 g/mol. The molecule has 9 heteroatoms. The first kappa shape index (κ1) is 20.3. The van der Waals surface area contributed by atoms with Crippen LogP contribution in [0.4, 0.5) is 4.79 Å². The van der Waals surface area contributed by atoms with Crippen molar-refractivity contribution in [2.45, 2.75) is 45.1 Å². The van der Waals surface area contributed by atoms with Crippen molar-refractivity contribution in [3.05, 3.63) is 16.6 Å². The summed E-state index contributed by atoms with van der Waals surface area (Å²) >= 11 is 1.20. The number of amides is 4. The molecule has 1 saturated heterocycles. The fraction of sp³-hybridized carbons (Fsp3) is 0.647.